The maximum atomic E-state index is 3.63. The van der Waals surface area contributed by atoms with Gasteiger partial charge in [-0.3, -0.25) is 0 Å². The van der Waals surface area contributed by atoms with Gasteiger partial charge in [0, 0.05) is 6.04 Å². The quantitative estimate of drug-likeness (QED) is 0.681. The van der Waals surface area contributed by atoms with E-state index in [1.807, 2.05) is 0 Å². The molecule has 0 aromatic rings. The summed E-state index contributed by atoms with van der Waals surface area (Å²) in [7, 11) is 0. The summed E-state index contributed by atoms with van der Waals surface area (Å²) in [5.74, 6) is 1.42. The van der Waals surface area contributed by atoms with Crippen LogP contribution in [0, 0.1) is 11.8 Å². The molecule has 0 saturated heterocycles. The van der Waals surface area contributed by atoms with Crippen LogP contribution in [0.1, 0.15) is 47.5 Å². The molecule has 14 heavy (non-hydrogen) atoms. The summed E-state index contributed by atoms with van der Waals surface area (Å²) in [5.41, 5.74) is 3.40. The molecule has 1 N–H and O–H groups in total. The molecule has 0 amide bonds. The second kappa shape index (κ2) is 4.97. The minimum absolute atomic E-state index is 0.640. The van der Waals surface area contributed by atoms with Crippen LogP contribution < -0.4 is 5.32 Å². The van der Waals surface area contributed by atoms with Crippen molar-refractivity contribution in [3.8, 4) is 0 Å². The second-order valence-corrected chi connectivity index (χ2v) is 4.95. The van der Waals surface area contributed by atoms with Crippen LogP contribution in [0.3, 0.4) is 0 Å². The lowest BCUT2D eigenvalue weighted by Gasteiger charge is -2.33. The van der Waals surface area contributed by atoms with Crippen LogP contribution >= 0.6 is 0 Å². The van der Waals surface area contributed by atoms with Crippen LogP contribution in [-0.2, 0) is 0 Å². The van der Waals surface area contributed by atoms with Crippen LogP contribution in [0.4, 0.5) is 0 Å². The van der Waals surface area contributed by atoms with Crippen molar-refractivity contribution in [2.75, 3.05) is 6.54 Å². The van der Waals surface area contributed by atoms with Gasteiger partial charge in [0.2, 0.25) is 0 Å². The van der Waals surface area contributed by atoms with Crippen LogP contribution in [-0.4, -0.2) is 12.6 Å². The van der Waals surface area contributed by atoms with Crippen molar-refractivity contribution < 1.29 is 0 Å². The Morgan fingerprint density at radius 1 is 1.21 bits per heavy atom. The van der Waals surface area contributed by atoms with E-state index in [0.717, 1.165) is 5.92 Å². The largest absolute Gasteiger partial charge is 0.310 e. The predicted molar refractivity (Wildman–Crippen MR) is 63.4 cm³/mol. The summed E-state index contributed by atoms with van der Waals surface area (Å²) in [6.45, 7) is 12.8. The fourth-order valence-corrected chi connectivity index (χ4v) is 2.62. The van der Waals surface area contributed by atoms with E-state index in [-0.39, 0.29) is 0 Å². The Balaban J connectivity index is 2.99. The molecule has 0 radical (unpaired) electrons. The molecule has 0 aromatic heterocycles. The standard InChI is InChI=1S/C13H25N/c1-6-12-13(10(4)5)11(9(2)3)7-8-14-12/h9-10,12,14H,6-8H2,1-5H3. The Hall–Kier alpha value is -0.300. The molecule has 1 rings (SSSR count). The van der Waals surface area contributed by atoms with E-state index in [2.05, 4.69) is 39.9 Å². The molecular formula is C13H25N. The van der Waals surface area contributed by atoms with Gasteiger partial charge >= 0.3 is 0 Å². The molecule has 0 fully saturated rings. The van der Waals surface area contributed by atoms with Gasteiger partial charge in [-0.15, -0.1) is 0 Å². The van der Waals surface area contributed by atoms with Crippen molar-refractivity contribution in [1.29, 1.82) is 0 Å². The molecule has 1 aliphatic heterocycles. The Morgan fingerprint density at radius 3 is 2.29 bits per heavy atom. The van der Waals surface area contributed by atoms with E-state index in [9.17, 15) is 0 Å². The van der Waals surface area contributed by atoms with E-state index in [1.165, 1.54) is 19.4 Å². The third kappa shape index (κ3) is 2.38. The van der Waals surface area contributed by atoms with Crippen LogP contribution in [0.25, 0.3) is 0 Å². The maximum absolute atomic E-state index is 3.63. The molecule has 1 unspecified atom stereocenters. The van der Waals surface area contributed by atoms with Crippen LogP contribution in [0.15, 0.2) is 11.1 Å². The Labute approximate surface area is 89.0 Å². The van der Waals surface area contributed by atoms with Crippen molar-refractivity contribution in [1.82, 2.24) is 5.32 Å². The van der Waals surface area contributed by atoms with Crippen molar-refractivity contribution in [2.45, 2.75) is 53.5 Å². The van der Waals surface area contributed by atoms with Gasteiger partial charge in [0.05, 0.1) is 0 Å². The number of rotatable bonds is 3. The molecule has 0 bridgehead atoms. The van der Waals surface area contributed by atoms with Gasteiger partial charge in [0.25, 0.3) is 0 Å². The van der Waals surface area contributed by atoms with Gasteiger partial charge in [-0.25, -0.2) is 0 Å². The van der Waals surface area contributed by atoms with Gasteiger partial charge in [-0.2, -0.15) is 0 Å². The molecule has 1 nitrogen and oxygen atoms in total. The normalized spacial score (nSPS) is 23.8. The highest BCUT2D eigenvalue weighted by Gasteiger charge is 2.24. The molecule has 1 heterocycles. The van der Waals surface area contributed by atoms with Gasteiger partial charge in [-0.05, 0) is 31.2 Å². The third-order valence-corrected chi connectivity index (χ3v) is 3.26. The second-order valence-electron chi connectivity index (χ2n) is 4.95. The molecule has 0 aromatic carbocycles. The average Bonchev–Trinajstić information content (AvgIpc) is 2.16. The van der Waals surface area contributed by atoms with Gasteiger partial charge in [0.15, 0.2) is 0 Å². The summed E-state index contributed by atoms with van der Waals surface area (Å²) in [5, 5.41) is 3.63. The zero-order valence-electron chi connectivity index (χ0n) is 10.4. The van der Waals surface area contributed by atoms with E-state index in [0.29, 0.717) is 12.0 Å². The molecule has 1 atom stereocenters. The first kappa shape index (κ1) is 11.8. The van der Waals surface area contributed by atoms with Crippen molar-refractivity contribution in [2.24, 2.45) is 11.8 Å². The number of hydrogen-bond donors (Lipinski definition) is 1. The Morgan fingerprint density at radius 2 is 1.86 bits per heavy atom. The zero-order valence-corrected chi connectivity index (χ0v) is 10.4. The molecule has 1 heteroatoms. The summed E-state index contributed by atoms with van der Waals surface area (Å²) >= 11 is 0. The summed E-state index contributed by atoms with van der Waals surface area (Å²) < 4.78 is 0. The van der Waals surface area contributed by atoms with Crippen molar-refractivity contribution >= 4 is 0 Å². The highest BCUT2D eigenvalue weighted by atomic mass is 14.9. The summed E-state index contributed by atoms with van der Waals surface area (Å²) in [4.78, 5) is 0. The van der Waals surface area contributed by atoms with E-state index in [4.69, 9.17) is 0 Å². The SMILES string of the molecule is CCC1NCCC(C(C)C)=C1C(C)C. The van der Waals surface area contributed by atoms with E-state index < -0.39 is 0 Å². The average molecular weight is 195 g/mol. The summed E-state index contributed by atoms with van der Waals surface area (Å²) in [6.07, 6.45) is 2.48. The van der Waals surface area contributed by atoms with Crippen LogP contribution in [0.2, 0.25) is 0 Å². The maximum Gasteiger partial charge on any atom is 0.0282 e. The van der Waals surface area contributed by atoms with Gasteiger partial charge in [-0.1, -0.05) is 45.8 Å². The zero-order chi connectivity index (χ0) is 10.7. The topological polar surface area (TPSA) is 12.0 Å². The van der Waals surface area contributed by atoms with Gasteiger partial charge in [0.1, 0.15) is 0 Å². The monoisotopic (exact) mass is 195 g/mol. The highest BCUT2D eigenvalue weighted by molar-refractivity contribution is 5.26. The van der Waals surface area contributed by atoms with Crippen molar-refractivity contribution in [3.05, 3.63) is 11.1 Å². The van der Waals surface area contributed by atoms with E-state index >= 15 is 0 Å². The van der Waals surface area contributed by atoms with Gasteiger partial charge < -0.3 is 5.32 Å². The third-order valence-electron chi connectivity index (χ3n) is 3.26. The first-order valence-corrected chi connectivity index (χ1v) is 6.04. The predicted octanol–water partition coefficient (Wildman–Crippen LogP) is 3.37. The lowest BCUT2D eigenvalue weighted by Crippen LogP contribution is -2.38. The first-order valence-electron chi connectivity index (χ1n) is 6.04. The molecular weight excluding hydrogens is 170 g/mol. The Bertz CT molecular complexity index is 213. The molecule has 82 valence electrons. The molecule has 0 saturated carbocycles. The van der Waals surface area contributed by atoms with Crippen LogP contribution in [0.5, 0.6) is 0 Å². The smallest absolute Gasteiger partial charge is 0.0282 e. The highest BCUT2D eigenvalue weighted by Crippen LogP contribution is 2.30. The number of hydrogen-bond acceptors (Lipinski definition) is 1. The lowest BCUT2D eigenvalue weighted by atomic mass is 9.81. The molecule has 0 spiro atoms. The minimum atomic E-state index is 0.640. The van der Waals surface area contributed by atoms with Crippen molar-refractivity contribution in [3.63, 3.8) is 0 Å². The summed E-state index contributed by atoms with van der Waals surface area (Å²) in [6, 6.07) is 0.640. The lowest BCUT2D eigenvalue weighted by molar-refractivity contribution is 0.456. The molecule has 1 aliphatic rings. The van der Waals surface area contributed by atoms with E-state index in [1.54, 1.807) is 11.1 Å². The Kier molecular flexibility index (Phi) is 4.18. The molecule has 0 aliphatic carbocycles. The fraction of sp³-hybridized carbons (Fsp3) is 0.846. The fourth-order valence-electron chi connectivity index (χ4n) is 2.62. The first-order chi connectivity index (χ1) is 6.57. The number of nitrogens with one attached hydrogen (secondary N) is 1. The minimum Gasteiger partial charge on any atom is -0.310 e.